The van der Waals surface area contributed by atoms with Crippen LogP contribution in [0.1, 0.15) is 43.6 Å². The molecule has 21 heavy (non-hydrogen) atoms. The third kappa shape index (κ3) is 3.43. The number of aryl methyl sites for hydroxylation is 3. The largest absolute Gasteiger partial charge is 0.481 e. The molecule has 1 atom stereocenters. The van der Waals surface area contributed by atoms with Gasteiger partial charge in [-0.15, -0.1) is 0 Å². The molecule has 4 heteroatoms. The Labute approximate surface area is 125 Å². The van der Waals surface area contributed by atoms with Gasteiger partial charge in [-0.25, -0.2) is 4.98 Å². The normalized spacial score (nSPS) is 12.8. The van der Waals surface area contributed by atoms with Crippen molar-refractivity contribution < 1.29 is 9.90 Å². The molecule has 1 heterocycles. The molecule has 114 valence electrons. The highest BCUT2D eigenvalue weighted by atomic mass is 16.4. The quantitative estimate of drug-likeness (QED) is 0.881. The van der Waals surface area contributed by atoms with E-state index in [0.717, 1.165) is 29.7 Å². The number of rotatable bonds is 6. The number of hydrogen-bond acceptors (Lipinski definition) is 2. The van der Waals surface area contributed by atoms with Gasteiger partial charge in [-0.1, -0.05) is 20.3 Å². The number of nitrogens with zero attached hydrogens (tertiary/aromatic N) is 2. The van der Waals surface area contributed by atoms with Gasteiger partial charge in [-0.3, -0.25) is 4.79 Å². The van der Waals surface area contributed by atoms with Gasteiger partial charge in [0.25, 0.3) is 0 Å². The average molecular weight is 288 g/mol. The first-order valence-corrected chi connectivity index (χ1v) is 7.60. The molecular formula is C17H24N2O2. The summed E-state index contributed by atoms with van der Waals surface area (Å²) in [6.07, 6.45) is 2.12. The highest BCUT2D eigenvalue weighted by Crippen LogP contribution is 2.23. The van der Waals surface area contributed by atoms with E-state index in [4.69, 9.17) is 10.1 Å². The maximum atomic E-state index is 10.9. The van der Waals surface area contributed by atoms with Crippen LogP contribution in [0.4, 0.5) is 0 Å². The van der Waals surface area contributed by atoms with Crippen molar-refractivity contribution in [3.63, 3.8) is 0 Å². The van der Waals surface area contributed by atoms with Gasteiger partial charge < -0.3 is 9.67 Å². The molecule has 1 aromatic carbocycles. The summed E-state index contributed by atoms with van der Waals surface area (Å²) >= 11 is 0. The summed E-state index contributed by atoms with van der Waals surface area (Å²) in [5.74, 6) is 0.786. The van der Waals surface area contributed by atoms with Crippen molar-refractivity contribution in [2.75, 3.05) is 0 Å². The average Bonchev–Trinajstić information content (AvgIpc) is 2.73. The molecule has 0 aliphatic carbocycles. The lowest BCUT2D eigenvalue weighted by molar-refractivity contribution is -0.137. The summed E-state index contributed by atoms with van der Waals surface area (Å²) in [6.45, 7) is 9.03. The summed E-state index contributed by atoms with van der Waals surface area (Å²) < 4.78 is 2.09. The maximum Gasteiger partial charge on any atom is 0.305 e. The molecule has 0 fully saturated rings. The molecule has 0 amide bonds. The predicted octanol–water partition coefficient (Wildman–Crippen LogP) is 3.72. The Hall–Kier alpha value is -1.84. The second-order valence-corrected chi connectivity index (χ2v) is 5.97. The molecule has 0 bridgehead atoms. The number of fused-ring (bicyclic) bond motifs is 1. The molecule has 4 nitrogen and oxygen atoms in total. The van der Waals surface area contributed by atoms with Crippen LogP contribution in [-0.4, -0.2) is 20.6 Å². The van der Waals surface area contributed by atoms with E-state index < -0.39 is 5.97 Å². The van der Waals surface area contributed by atoms with Crippen molar-refractivity contribution in [2.45, 2.75) is 53.5 Å². The summed E-state index contributed by atoms with van der Waals surface area (Å²) in [4.78, 5) is 15.7. The molecular weight excluding hydrogens is 264 g/mol. The smallest absolute Gasteiger partial charge is 0.305 e. The van der Waals surface area contributed by atoms with E-state index >= 15 is 0 Å². The Morgan fingerprint density at radius 1 is 1.33 bits per heavy atom. The maximum absolute atomic E-state index is 10.9. The zero-order valence-corrected chi connectivity index (χ0v) is 13.3. The van der Waals surface area contributed by atoms with Crippen molar-refractivity contribution in [3.8, 4) is 0 Å². The van der Waals surface area contributed by atoms with Gasteiger partial charge in [0.15, 0.2) is 0 Å². The van der Waals surface area contributed by atoms with E-state index in [-0.39, 0.29) is 6.42 Å². The van der Waals surface area contributed by atoms with E-state index in [1.165, 1.54) is 11.1 Å². The highest BCUT2D eigenvalue weighted by Gasteiger charge is 2.14. The Morgan fingerprint density at radius 2 is 2.00 bits per heavy atom. The molecule has 2 aromatic rings. The van der Waals surface area contributed by atoms with E-state index in [9.17, 15) is 4.79 Å². The molecule has 0 aliphatic rings. The number of imidazole rings is 1. The molecule has 0 saturated heterocycles. The van der Waals surface area contributed by atoms with Crippen molar-refractivity contribution in [2.24, 2.45) is 5.92 Å². The van der Waals surface area contributed by atoms with Crippen LogP contribution >= 0.6 is 0 Å². The third-order valence-corrected chi connectivity index (χ3v) is 4.22. The van der Waals surface area contributed by atoms with Gasteiger partial charge in [0.05, 0.1) is 17.5 Å². The van der Waals surface area contributed by atoms with Crippen LogP contribution in [0, 0.1) is 19.8 Å². The lowest BCUT2D eigenvalue weighted by Gasteiger charge is -2.11. The summed E-state index contributed by atoms with van der Waals surface area (Å²) in [5, 5.41) is 8.97. The van der Waals surface area contributed by atoms with Gasteiger partial charge in [-0.05, 0) is 43.0 Å². The molecule has 1 N–H and O–H groups in total. The lowest BCUT2D eigenvalue weighted by atomic mass is 10.1. The van der Waals surface area contributed by atoms with Gasteiger partial charge in [0.1, 0.15) is 5.82 Å². The van der Waals surface area contributed by atoms with Crippen LogP contribution in [-0.2, 0) is 17.8 Å². The number of benzene rings is 1. The third-order valence-electron chi connectivity index (χ3n) is 4.22. The van der Waals surface area contributed by atoms with Gasteiger partial charge in [-0.2, -0.15) is 0 Å². The van der Waals surface area contributed by atoms with Crippen molar-refractivity contribution in [1.29, 1.82) is 0 Å². The van der Waals surface area contributed by atoms with Crippen molar-refractivity contribution in [3.05, 3.63) is 29.1 Å². The number of carboxylic acid groups (broad SMARTS) is 1. The van der Waals surface area contributed by atoms with E-state index in [0.29, 0.717) is 12.5 Å². The molecule has 0 radical (unpaired) electrons. The van der Waals surface area contributed by atoms with E-state index in [1.807, 2.05) is 0 Å². The van der Waals surface area contributed by atoms with E-state index in [2.05, 4.69) is 44.4 Å². The van der Waals surface area contributed by atoms with E-state index in [1.54, 1.807) is 0 Å². The number of hydrogen-bond donors (Lipinski definition) is 1. The highest BCUT2D eigenvalue weighted by molar-refractivity contribution is 5.78. The number of carboxylic acids is 1. The molecule has 0 saturated carbocycles. The van der Waals surface area contributed by atoms with Crippen molar-refractivity contribution >= 4 is 17.0 Å². The van der Waals surface area contributed by atoms with Gasteiger partial charge in [0.2, 0.25) is 0 Å². The SMILES string of the molecule is CCC(C)Cc1nc2cc(C)c(C)cc2n1CCC(=O)O. The Morgan fingerprint density at radius 3 is 2.62 bits per heavy atom. The second kappa shape index (κ2) is 6.29. The fourth-order valence-corrected chi connectivity index (χ4v) is 2.50. The topological polar surface area (TPSA) is 55.1 Å². The Bertz CT molecular complexity index is 658. The number of carbonyl (C=O) groups is 1. The van der Waals surface area contributed by atoms with Crippen LogP contribution in [0.3, 0.4) is 0 Å². The first-order valence-electron chi connectivity index (χ1n) is 7.60. The number of aliphatic carboxylic acids is 1. The fraction of sp³-hybridized carbons (Fsp3) is 0.529. The first-order chi connectivity index (χ1) is 9.92. The molecule has 1 unspecified atom stereocenters. The molecule has 2 rings (SSSR count). The minimum atomic E-state index is -0.768. The lowest BCUT2D eigenvalue weighted by Crippen LogP contribution is -2.11. The molecule has 0 aliphatic heterocycles. The van der Waals surface area contributed by atoms with Crippen molar-refractivity contribution in [1.82, 2.24) is 9.55 Å². The summed E-state index contributed by atoms with van der Waals surface area (Å²) in [5.41, 5.74) is 4.47. The molecule has 1 aromatic heterocycles. The minimum absolute atomic E-state index is 0.131. The van der Waals surface area contributed by atoms with Crippen LogP contribution in [0.25, 0.3) is 11.0 Å². The zero-order valence-electron chi connectivity index (χ0n) is 13.3. The predicted molar refractivity (Wildman–Crippen MR) is 84.6 cm³/mol. The van der Waals surface area contributed by atoms with Gasteiger partial charge >= 0.3 is 5.97 Å². The van der Waals surface area contributed by atoms with Gasteiger partial charge in [0, 0.05) is 13.0 Å². The van der Waals surface area contributed by atoms with Crippen LogP contribution in [0.15, 0.2) is 12.1 Å². The Kier molecular flexibility index (Phi) is 4.66. The summed E-state index contributed by atoms with van der Waals surface area (Å²) in [6, 6.07) is 4.22. The zero-order chi connectivity index (χ0) is 15.6. The van der Waals surface area contributed by atoms with Crippen LogP contribution in [0.2, 0.25) is 0 Å². The van der Waals surface area contributed by atoms with Crippen LogP contribution in [0.5, 0.6) is 0 Å². The second-order valence-electron chi connectivity index (χ2n) is 5.97. The Balaban J connectivity index is 2.48. The fourth-order valence-electron chi connectivity index (χ4n) is 2.50. The van der Waals surface area contributed by atoms with Crippen LogP contribution < -0.4 is 0 Å². The number of aromatic nitrogens is 2. The molecule has 0 spiro atoms. The summed E-state index contributed by atoms with van der Waals surface area (Å²) in [7, 11) is 0. The minimum Gasteiger partial charge on any atom is -0.481 e. The monoisotopic (exact) mass is 288 g/mol. The first kappa shape index (κ1) is 15.5. The standard InChI is InChI=1S/C17H24N2O2/c1-5-11(2)8-16-18-14-9-12(3)13(4)10-15(14)19(16)7-6-17(20)21/h9-11H,5-8H2,1-4H3,(H,20,21).